The summed E-state index contributed by atoms with van der Waals surface area (Å²) in [5.74, 6) is 0.618. The second-order valence-corrected chi connectivity index (χ2v) is 6.48. The highest BCUT2D eigenvalue weighted by Crippen LogP contribution is 2.41. The molecule has 2 aromatic carbocycles. The van der Waals surface area contributed by atoms with E-state index in [1.54, 1.807) is 0 Å². The third kappa shape index (κ3) is 2.47. The lowest BCUT2D eigenvalue weighted by Gasteiger charge is -2.21. The van der Waals surface area contributed by atoms with E-state index in [1.807, 2.05) is 46.8 Å². The van der Waals surface area contributed by atoms with Gasteiger partial charge in [-0.25, -0.2) is 0 Å². The average Bonchev–Trinajstić information content (AvgIpc) is 2.49. The van der Waals surface area contributed by atoms with E-state index in [0.717, 1.165) is 44.5 Å². The van der Waals surface area contributed by atoms with Crippen molar-refractivity contribution in [3.8, 4) is 11.5 Å². The number of hydrogen-bond donors (Lipinski definition) is 2. The van der Waals surface area contributed by atoms with E-state index in [2.05, 4.69) is 13.8 Å². The van der Waals surface area contributed by atoms with Crippen molar-refractivity contribution in [1.29, 1.82) is 0 Å². The Kier molecular flexibility index (Phi) is 4.23. The predicted octanol–water partition coefficient (Wildman–Crippen LogP) is 5.10. The highest BCUT2D eigenvalue weighted by Gasteiger charge is 2.21. The van der Waals surface area contributed by atoms with Crippen molar-refractivity contribution in [1.82, 2.24) is 0 Å². The van der Waals surface area contributed by atoms with Gasteiger partial charge < -0.3 is 10.2 Å². The van der Waals surface area contributed by atoms with Gasteiger partial charge in [0.25, 0.3) is 0 Å². The van der Waals surface area contributed by atoms with E-state index >= 15 is 0 Å². The molecule has 118 valence electrons. The van der Waals surface area contributed by atoms with Gasteiger partial charge >= 0.3 is 0 Å². The first-order valence-corrected chi connectivity index (χ1v) is 7.76. The van der Waals surface area contributed by atoms with Crippen LogP contribution in [0, 0.1) is 41.5 Å². The summed E-state index contributed by atoms with van der Waals surface area (Å²) >= 11 is 0. The third-order valence-corrected chi connectivity index (χ3v) is 5.24. The van der Waals surface area contributed by atoms with E-state index in [1.165, 1.54) is 0 Å². The summed E-state index contributed by atoms with van der Waals surface area (Å²) in [4.78, 5) is 0. The van der Waals surface area contributed by atoms with Crippen molar-refractivity contribution in [2.45, 2.75) is 54.4 Å². The van der Waals surface area contributed by atoms with Crippen molar-refractivity contribution in [2.24, 2.45) is 0 Å². The lowest BCUT2D eigenvalue weighted by atomic mass is 9.85. The van der Waals surface area contributed by atoms with E-state index in [-0.39, 0.29) is 5.92 Å². The fourth-order valence-corrected chi connectivity index (χ4v) is 3.03. The molecule has 22 heavy (non-hydrogen) atoms. The summed E-state index contributed by atoms with van der Waals surface area (Å²) in [5.41, 5.74) is 8.15. The molecule has 0 aliphatic heterocycles. The maximum Gasteiger partial charge on any atom is 0.122 e. The van der Waals surface area contributed by atoms with E-state index in [9.17, 15) is 10.2 Å². The zero-order chi connectivity index (χ0) is 16.8. The van der Waals surface area contributed by atoms with Crippen LogP contribution in [0.4, 0.5) is 0 Å². The van der Waals surface area contributed by atoms with Crippen LogP contribution in [0.5, 0.6) is 11.5 Å². The van der Waals surface area contributed by atoms with Crippen molar-refractivity contribution < 1.29 is 10.2 Å². The minimum absolute atomic E-state index is 0.0593. The molecule has 0 saturated heterocycles. The van der Waals surface area contributed by atoms with Crippen LogP contribution in [0.1, 0.15) is 57.3 Å². The summed E-state index contributed by atoms with van der Waals surface area (Å²) in [6.45, 7) is 14.1. The summed E-state index contributed by atoms with van der Waals surface area (Å²) in [5, 5.41) is 21.1. The van der Waals surface area contributed by atoms with Crippen molar-refractivity contribution in [3.63, 3.8) is 0 Å². The minimum Gasteiger partial charge on any atom is -0.507 e. The SMILES string of the molecule is Cc1cc(C(C)c2cc(C)c(C)c(C)c2O)c(O)c(C)c1C. The van der Waals surface area contributed by atoms with Crippen molar-refractivity contribution in [2.75, 3.05) is 0 Å². The van der Waals surface area contributed by atoms with Gasteiger partial charge in [0.05, 0.1) is 0 Å². The van der Waals surface area contributed by atoms with Crippen LogP contribution in [-0.2, 0) is 0 Å². The Morgan fingerprint density at radius 2 is 0.955 bits per heavy atom. The molecule has 0 heterocycles. The molecule has 2 heteroatoms. The Morgan fingerprint density at radius 3 is 1.27 bits per heavy atom. The topological polar surface area (TPSA) is 40.5 Å². The van der Waals surface area contributed by atoms with Crippen LogP contribution in [0.3, 0.4) is 0 Å². The van der Waals surface area contributed by atoms with Gasteiger partial charge in [-0.3, -0.25) is 0 Å². The maximum atomic E-state index is 10.5. The predicted molar refractivity (Wildman–Crippen MR) is 92.2 cm³/mol. The molecule has 0 radical (unpaired) electrons. The van der Waals surface area contributed by atoms with Crippen LogP contribution < -0.4 is 0 Å². The molecule has 0 aliphatic carbocycles. The Balaban J connectivity index is 2.66. The van der Waals surface area contributed by atoms with E-state index in [0.29, 0.717) is 11.5 Å². The van der Waals surface area contributed by atoms with Crippen molar-refractivity contribution in [3.05, 3.63) is 56.6 Å². The fourth-order valence-electron chi connectivity index (χ4n) is 3.03. The first-order valence-electron chi connectivity index (χ1n) is 7.76. The highest BCUT2D eigenvalue weighted by atomic mass is 16.3. The van der Waals surface area contributed by atoms with Crippen LogP contribution in [0.25, 0.3) is 0 Å². The molecule has 0 unspecified atom stereocenters. The molecule has 0 fully saturated rings. The maximum absolute atomic E-state index is 10.5. The quantitative estimate of drug-likeness (QED) is 0.809. The molecule has 0 aliphatic rings. The molecular weight excluding hydrogens is 272 g/mol. The van der Waals surface area contributed by atoms with Gasteiger partial charge in [-0.15, -0.1) is 0 Å². The molecule has 2 aromatic rings. The summed E-state index contributed by atoms with van der Waals surface area (Å²) in [6, 6.07) is 4.07. The van der Waals surface area contributed by atoms with E-state index in [4.69, 9.17) is 0 Å². The van der Waals surface area contributed by atoms with Crippen LogP contribution in [0.2, 0.25) is 0 Å². The number of rotatable bonds is 2. The minimum atomic E-state index is -0.0593. The molecule has 2 rings (SSSR count). The smallest absolute Gasteiger partial charge is 0.122 e. The molecule has 0 amide bonds. The van der Waals surface area contributed by atoms with Gasteiger partial charge in [0.2, 0.25) is 0 Å². The normalized spacial score (nSPS) is 11.3. The Morgan fingerprint density at radius 1 is 0.636 bits per heavy atom. The van der Waals surface area contributed by atoms with Gasteiger partial charge in [0.1, 0.15) is 11.5 Å². The molecule has 2 N–H and O–H groups in total. The zero-order valence-corrected chi connectivity index (χ0v) is 14.6. The van der Waals surface area contributed by atoms with Gasteiger partial charge in [-0.05, 0) is 74.9 Å². The first kappa shape index (κ1) is 16.4. The van der Waals surface area contributed by atoms with Gasteiger partial charge in [0.15, 0.2) is 0 Å². The molecule has 2 nitrogen and oxygen atoms in total. The molecular formula is C20H26O2. The lowest BCUT2D eigenvalue weighted by molar-refractivity contribution is 0.451. The third-order valence-electron chi connectivity index (χ3n) is 5.24. The zero-order valence-electron chi connectivity index (χ0n) is 14.6. The number of benzene rings is 2. The molecule has 0 atom stereocenters. The van der Waals surface area contributed by atoms with Gasteiger partial charge in [-0.2, -0.15) is 0 Å². The second kappa shape index (κ2) is 5.68. The average molecular weight is 298 g/mol. The van der Waals surface area contributed by atoms with Crippen LogP contribution >= 0.6 is 0 Å². The van der Waals surface area contributed by atoms with Crippen LogP contribution in [0.15, 0.2) is 12.1 Å². The lowest BCUT2D eigenvalue weighted by Crippen LogP contribution is -2.03. The van der Waals surface area contributed by atoms with E-state index < -0.39 is 0 Å². The second-order valence-electron chi connectivity index (χ2n) is 6.48. The summed E-state index contributed by atoms with van der Waals surface area (Å²) in [6.07, 6.45) is 0. The largest absolute Gasteiger partial charge is 0.507 e. The number of hydrogen-bond acceptors (Lipinski definition) is 2. The number of aryl methyl sites for hydroxylation is 2. The standard InChI is InChI=1S/C20H26O2/c1-10-8-17(19(21)14(5)12(10)3)16(7)18-9-11(2)13(4)15(6)20(18)22/h8-9,16,21-22H,1-7H3. The summed E-state index contributed by atoms with van der Waals surface area (Å²) < 4.78 is 0. The number of phenols is 2. The van der Waals surface area contributed by atoms with Gasteiger partial charge in [-0.1, -0.05) is 19.1 Å². The van der Waals surface area contributed by atoms with Crippen LogP contribution in [-0.4, -0.2) is 10.2 Å². The molecule has 0 saturated carbocycles. The Labute approximate surface area is 133 Å². The molecule has 0 aromatic heterocycles. The fraction of sp³-hybridized carbons (Fsp3) is 0.400. The van der Waals surface area contributed by atoms with Gasteiger partial charge in [0, 0.05) is 17.0 Å². The number of aromatic hydroxyl groups is 2. The molecule has 0 spiro atoms. The Hall–Kier alpha value is -1.96. The first-order chi connectivity index (χ1) is 10.2. The Bertz CT molecular complexity index is 679. The number of phenolic OH excluding ortho intramolecular Hbond substituents is 2. The molecule has 0 bridgehead atoms. The summed E-state index contributed by atoms with van der Waals surface area (Å²) in [7, 11) is 0. The monoisotopic (exact) mass is 298 g/mol. The highest BCUT2D eigenvalue weighted by molar-refractivity contribution is 5.56. The van der Waals surface area contributed by atoms with Crippen molar-refractivity contribution >= 4 is 0 Å².